The van der Waals surface area contributed by atoms with Crippen LogP contribution in [0.4, 0.5) is 5.00 Å². The van der Waals surface area contributed by atoms with Crippen LogP contribution in [0.25, 0.3) is 0 Å². The molecule has 0 fully saturated rings. The topological polar surface area (TPSA) is 90.5 Å². The fraction of sp³-hybridized carbons (Fsp3) is 0.250. The maximum atomic E-state index is 12.3. The van der Waals surface area contributed by atoms with Crippen molar-refractivity contribution >= 4 is 39.8 Å². The summed E-state index contributed by atoms with van der Waals surface area (Å²) in [5, 5.41) is 20.8. The van der Waals surface area contributed by atoms with Gasteiger partial charge in [-0.25, -0.2) is 0 Å². The van der Waals surface area contributed by atoms with Crippen LogP contribution in [0.2, 0.25) is 5.02 Å². The third-order valence-corrected chi connectivity index (χ3v) is 4.24. The Kier molecular flexibility index (Phi) is 6.60. The van der Waals surface area contributed by atoms with E-state index in [-0.39, 0.29) is 17.2 Å². The molecule has 24 heavy (non-hydrogen) atoms. The lowest BCUT2D eigenvalue weighted by atomic mass is 10.2. The highest BCUT2D eigenvalue weighted by Gasteiger charge is 2.17. The Balaban J connectivity index is 2.04. The molecule has 0 unspecified atom stereocenters. The normalized spacial score (nSPS) is 10.4. The summed E-state index contributed by atoms with van der Waals surface area (Å²) in [4.78, 5) is 24.4. The molecule has 8 heteroatoms. The Hall–Kier alpha value is -2.09. The van der Waals surface area contributed by atoms with Crippen molar-refractivity contribution in [2.45, 2.75) is 6.92 Å². The summed E-state index contributed by atoms with van der Waals surface area (Å²) in [6, 6.07) is 5.87. The lowest BCUT2D eigenvalue weighted by Crippen LogP contribution is -2.32. The van der Waals surface area contributed by atoms with Crippen LogP contribution in [0.15, 0.2) is 29.6 Å². The van der Waals surface area contributed by atoms with Crippen molar-refractivity contribution in [2.24, 2.45) is 0 Å². The Morgan fingerprint density at radius 3 is 2.67 bits per heavy atom. The highest BCUT2D eigenvalue weighted by Crippen LogP contribution is 2.26. The first kappa shape index (κ1) is 18.3. The lowest BCUT2D eigenvalue weighted by molar-refractivity contribution is 0.0955. The van der Waals surface area contributed by atoms with E-state index in [9.17, 15) is 14.7 Å². The van der Waals surface area contributed by atoms with Crippen molar-refractivity contribution in [2.75, 3.05) is 25.0 Å². The second-order valence-electron chi connectivity index (χ2n) is 4.89. The fourth-order valence-electron chi connectivity index (χ4n) is 1.99. The molecule has 6 nitrogen and oxygen atoms in total. The van der Waals surface area contributed by atoms with E-state index in [1.54, 1.807) is 11.4 Å². The summed E-state index contributed by atoms with van der Waals surface area (Å²) < 4.78 is 0. The number of halogens is 1. The zero-order valence-electron chi connectivity index (χ0n) is 13.1. The molecule has 0 aliphatic heterocycles. The number of hydrogen-bond donors (Lipinski definition) is 4. The second-order valence-corrected chi connectivity index (χ2v) is 6.24. The molecule has 0 aliphatic carbocycles. The number of rotatable bonds is 7. The number of aromatic hydroxyl groups is 1. The second kappa shape index (κ2) is 8.68. The standard InChI is InChI=1S/C16H18ClN3O3S/c1-2-18-6-7-19-14(22)12-5-8-24-16(12)20-15(23)11-4-3-10(17)9-13(11)21/h3-5,8-9,18,21H,2,6-7H2,1H3,(H,19,22)(H,20,23). The molecule has 0 aliphatic rings. The van der Waals surface area contributed by atoms with Crippen LogP contribution in [-0.4, -0.2) is 36.6 Å². The SMILES string of the molecule is CCNCCNC(=O)c1ccsc1NC(=O)c1ccc(Cl)cc1O. The van der Waals surface area contributed by atoms with Gasteiger partial charge < -0.3 is 21.1 Å². The van der Waals surface area contributed by atoms with Gasteiger partial charge in [0.1, 0.15) is 10.8 Å². The van der Waals surface area contributed by atoms with Crippen LogP contribution >= 0.6 is 22.9 Å². The van der Waals surface area contributed by atoms with E-state index in [4.69, 9.17) is 11.6 Å². The Labute approximate surface area is 148 Å². The molecule has 0 saturated carbocycles. The number of thiophene rings is 1. The molecule has 0 spiro atoms. The number of benzene rings is 1. The minimum absolute atomic E-state index is 0.0892. The molecule has 1 heterocycles. The average Bonchev–Trinajstić information content (AvgIpc) is 2.99. The molecule has 4 N–H and O–H groups in total. The third-order valence-electron chi connectivity index (χ3n) is 3.18. The zero-order valence-corrected chi connectivity index (χ0v) is 14.6. The molecule has 1 aromatic heterocycles. The number of likely N-dealkylation sites (N-methyl/N-ethyl adjacent to an activating group) is 1. The minimum Gasteiger partial charge on any atom is -0.507 e. The summed E-state index contributed by atoms with van der Waals surface area (Å²) in [6.07, 6.45) is 0. The predicted molar refractivity (Wildman–Crippen MR) is 96.3 cm³/mol. The molecule has 1 aromatic carbocycles. The van der Waals surface area contributed by atoms with Gasteiger partial charge in [-0.3, -0.25) is 9.59 Å². The number of hydrogen-bond acceptors (Lipinski definition) is 5. The molecule has 2 aromatic rings. The summed E-state index contributed by atoms with van der Waals surface area (Å²) >= 11 is 6.99. The van der Waals surface area contributed by atoms with Gasteiger partial charge in [0, 0.05) is 18.1 Å². The molecule has 0 bridgehead atoms. The molecule has 0 saturated heterocycles. The van der Waals surface area contributed by atoms with Crippen LogP contribution in [0.5, 0.6) is 5.75 Å². The first-order chi connectivity index (χ1) is 11.5. The van der Waals surface area contributed by atoms with E-state index in [2.05, 4.69) is 16.0 Å². The van der Waals surface area contributed by atoms with E-state index in [1.807, 2.05) is 6.92 Å². The third kappa shape index (κ3) is 4.70. The van der Waals surface area contributed by atoms with Gasteiger partial charge in [0.25, 0.3) is 11.8 Å². The molecule has 2 amide bonds. The molecule has 0 radical (unpaired) electrons. The average molecular weight is 368 g/mol. The highest BCUT2D eigenvalue weighted by atomic mass is 35.5. The van der Waals surface area contributed by atoms with E-state index in [1.165, 1.54) is 29.5 Å². The van der Waals surface area contributed by atoms with Gasteiger partial charge >= 0.3 is 0 Å². The van der Waals surface area contributed by atoms with Crippen molar-refractivity contribution < 1.29 is 14.7 Å². The van der Waals surface area contributed by atoms with Crippen molar-refractivity contribution in [3.05, 3.63) is 45.8 Å². The van der Waals surface area contributed by atoms with E-state index in [0.29, 0.717) is 28.7 Å². The van der Waals surface area contributed by atoms with Crippen molar-refractivity contribution in [1.82, 2.24) is 10.6 Å². The van der Waals surface area contributed by atoms with Crippen LogP contribution in [-0.2, 0) is 0 Å². The van der Waals surface area contributed by atoms with Gasteiger partial charge in [0.15, 0.2) is 0 Å². The zero-order chi connectivity index (χ0) is 17.5. The van der Waals surface area contributed by atoms with Crippen molar-refractivity contribution in [3.8, 4) is 5.75 Å². The number of phenols is 1. The van der Waals surface area contributed by atoms with E-state index < -0.39 is 5.91 Å². The van der Waals surface area contributed by atoms with Gasteiger partial charge in [-0.2, -0.15) is 0 Å². The highest BCUT2D eigenvalue weighted by molar-refractivity contribution is 7.14. The number of anilines is 1. The molecular weight excluding hydrogens is 350 g/mol. The molecule has 2 rings (SSSR count). The van der Waals surface area contributed by atoms with Crippen LogP contribution < -0.4 is 16.0 Å². The molecule has 128 valence electrons. The summed E-state index contributed by atoms with van der Waals surface area (Å²) in [5.41, 5.74) is 0.476. The Morgan fingerprint density at radius 1 is 1.17 bits per heavy atom. The first-order valence-electron chi connectivity index (χ1n) is 7.39. The minimum atomic E-state index is -0.506. The number of carbonyl (C=O) groups excluding carboxylic acids is 2. The summed E-state index contributed by atoms with van der Waals surface area (Å²) in [7, 11) is 0. The van der Waals surface area contributed by atoms with Gasteiger partial charge in [0.2, 0.25) is 0 Å². The monoisotopic (exact) mass is 367 g/mol. The number of amides is 2. The quantitative estimate of drug-likeness (QED) is 0.566. The first-order valence-corrected chi connectivity index (χ1v) is 8.65. The maximum absolute atomic E-state index is 12.3. The van der Waals surface area contributed by atoms with Gasteiger partial charge in [0.05, 0.1) is 11.1 Å². The molecular formula is C16H18ClN3O3S. The maximum Gasteiger partial charge on any atom is 0.260 e. The summed E-state index contributed by atoms with van der Waals surface area (Å²) in [5.74, 6) is -0.980. The van der Waals surface area contributed by atoms with Crippen molar-refractivity contribution in [1.29, 1.82) is 0 Å². The fourth-order valence-corrected chi connectivity index (χ4v) is 2.93. The molecule has 0 atom stereocenters. The number of nitrogens with one attached hydrogen (secondary N) is 3. The van der Waals surface area contributed by atoms with Crippen LogP contribution in [0, 0.1) is 0 Å². The summed E-state index contributed by atoms with van der Waals surface area (Å²) in [6.45, 7) is 3.99. The number of phenolic OH excluding ortho intramolecular Hbond substituents is 1. The Bertz CT molecular complexity index is 733. The van der Waals surface area contributed by atoms with E-state index in [0.717, 1.165) is 6.54 Å². The predicted octanol–water partition coefficient (Wildman–Crippen LogP) is 2.70. The van der Waals surface area contributed by atoms with E-state index >= 15 is 0 Å². The van der Waals surface area contributed by atoms with Crippen LogP contribution in [0.3, 0.4) is 0 Å². The van der Waals surface area contributed by atoms with Crippen molar-refractivity contribution in [3.63, 3.8) is 0 Å². The van der Waals surface area contributed by atoms with Crippen LogP contribution in [0.1, 0.15) is 27.6 Å². The van der Waals surface area contributed by atoms with Gasteiger partial charge in [-0.05, 0) is 36.2 Å². The largest absolute Gasteiger partial charge is 0.507 e. The van der Waals surface area contributed by atoms with Gasteiger partial charge in [-0.1, -0.05) is 18.5 Å². The van der Waals surface area contributed by atoms with Gasteiger partial charge in [-0.15, -0.1) is 11.3 Å². The lowest BCUT2D eigenvalue weighted by Gasteiger charge is -2.09. The number of carbonyl (C=O) groups is 2. The smallest absolute Gasteiger partial charge is 0.260 e. The Morgan fingerprint density at radius 2 is 1.96 bits per heavy atom.